The van der Waals surface area contributed by atoms with Gasteiger partial charge in [-0.15, -0.1) is 0 Å². The predicted octanol–water partition coefficient (Wildman–Crippen LogP) is 3.23. The fourth-order valence-corrected chi connectivity index (χ4v) is 4.98. The van der Waals surface area contributed by atoms with Gasteiger partial charge in [0.25, 0.3) is 5.91 Å². The van der Waals surface area contributed by atoms with Crippen LogP contribution < -0.4 is 22.1 Å². The molecule has 0 bridgehead atoms. The molecule has 0 aliphatic carbocycles. The van der Waals surface area contributed by atoms with E-state index < -0.39 is 11.7 Å². The van der Waals surface area contributed by atoms with Crippen molar-refractivity contribution >= 4 is 38.4 Å². The number of rotatable bonds is 7. The zero-order valence-corrected chi connectivity index (χ0v) is 21.9. The summed E-state index contributed by atoms with van der Waals surface area (Å²) in [6.07, 6.45) is 5.81. The molecular weight excluding hydrogens is 499 g/mol. The molecule has 3 aliphatic heterocycles. The molecule has 0 saturated carbocycles. The third kappa shape index (κ3) is 5.52. The Morgan fingerprint density at radius 2 is 2.08 bits per heavy atom. The lowest BCUT2D eigenvalue weighted by Gasteiger charge is -2.33. The summed E-state index contributed by atoms with van der Waals surface area (Å²) in [5.41, 5.74) is 16.2. The first-order valence-corrected chi connectivity index (χ1v) is 12.6. The van der Waals surface area contributed by atoms with Crippen LogP contribution in [0.4, 0.5) is 20.2 Å². The molecule has 3 heterocycles. The maximum Gasteiger partial charge on any atom is 0.336 e. The van der Waals surface area contributed by atoms with Crippen molar-refractivity contribution in [1.82, 2.24) is 10.2 Å². The van der Waals surface area contributed by atoms with E-state index in [9.17, 15) is 13.6 Å². The van der Waals surface area contributed by atoms with Gasteiger partial charge in [-0.2, -0.15) is 8.78 Å². The Kier molecular flexibility index (Phi) is 7.66. The molecule has 0 spiro atoms. The number of alkyl halides is 2. The van der Waals surface area contributed by atoms with Crippen LogP contribution in [0.15, 0.2) is 52.1 Å². The monoisotopic (exact) mass is 531 g/mol. The Labute approximate surface area is 216 Å². The van der Waals surface area contributed by atoms with E-state index in [1.54, 1.807) is 34.4 Å². The molecule has 1 aromatic rings. The Hall–Kier alpha value is -3.30. The number of fused-ring (bicyclic) bond motifs is 1. The molecule has 0 aromatic heterocycles. The number of nitrogens with two attached hydrogens (primary N) is 2. The Morgan fingerprint density at radius 1 is 1.38 bits per heavy atom. The number of anilines is 2. The number of carbonyl (C=O) groups excluding carboxylic acids is 1. The summed E-state index contributed by atoms with van der Waals surface area (Å²) >= 11 is 0. The average Bonchev–Trinajstić information content (AvgIpc) is 3.18. The third-order valence-corrected chi connectivity index (χ3v) is 7.12. The second kappa shape index (κ2) is 10.6. The Balaban J connectivity index is 1.74. The second-order valence-corrected chi connectivity index (χ2v) is 9.97. The van der Waals surface area contributed by atoms with Crippen molar-refractivity contribution < 1.29 is 18.3 Å². The molecule has 1 fully saturated rings. The van der Waals surface area contributed by atoms with Crippen LogP contribution in [0, 0.1) is 5.41 Å². The van der Waals surface area contributed by atoms with E-state index in [0.29, 0.717) is 52.8 Å². The number of nitrogens with one attached hydrogen (secondary N) is 3. The number of hydrogen-bond acceptors (Lipinski definition) is 8. The summed E-state index contributed by atoms with van der Waals surface area (Å²) in [4.78, 5) is 18.1. The molecule has 198 valence electrons. The largest absolute Gasteiger partial charge is 0.398 e. The number of nitrogen functional groups attached to an aromatic ring is 1. The topological polar surface area (TPSA) is 142 Å². The first-order valence-electron chi connectivity index (χ1n) is 12.0. The number of allylic oxidation sites excluding steroid dienone is 2. The molecule has 37 heavy (non-hydrogen) atoms. The third-order valence-electron chi connectivity index (χ3n) is 6.79. The maximum absolute atomic E-state index is 14.2. The van der Waals surface area contributed by atoms with Crippen LogP contribution in [-0.4, -0.2) is 54.3 Å². The molecule has 1 aromatic carbocycles. The van der Waals surface area contributed by atoms with E-state index in [2.05, 4.69) is 15.6 Å². The molecule has 0 radical (unpaired) electrons. The minimum atomic E-state index is -3.16. The molecule has 3 aliphatic rings. The van der Waals surface area contributed by atoms with E-state index in [1.807, 2.05) is 6.92 Å². The minimum absolute atomic E-state index is 0.00429. The zero-order chi connectivity index (χ0) is 26.9. The van der Waals surface area contributed by atoms with Crippen LogP contribution in [0.25, 0.3) is 0 Å². The summed E-state index contributed by atoms with van der Waals surface area (Å²) in [5, 5.41) is 14.4. The molecule has 2 atom stereocenters. The number of amides is 1. The average molecular weight is 532 g/mol. The molecule has 1 amide bonds. The highest BCUT2D eigenvalue weighted by Crippen LogP contribution is 2.43. The minimum Gasteiger partial charge on any atom is -0.398 e. The number of benzene rings is 1. The molecule has 2 unspecified atom stereocenters. The molecule has 1 saturated heterocycles. The first kappa shape index (κ1) is 26.8. The SMILES string of the molecule is CC(=N/C(C(N)=O)=C1/Nc2ccc(N)c(C=N)c2C1C)C1=CN(C(F)(F)P)CC=C1NC1CCOCC1. The van der Waals surface area contributed by atoms with Crippen LogP contribution in [0.2, 0.25) is 0 Å². The van der Waals surface area contributed by atoms with Gasteiger partial charge >= 0.3 is 5.79 Å². The normalized spacial score (nSPS) is 22.0. The van der Waals surface area contributed by atoms with Crippen LogP contribution >= 0.6 is 9.24 Å². The zero-order valence-electron chi connectivity index (χ0n) is 20.8. The van der Waals surface area contributed by atoms with Crippen LogP contribution in [-0.2, 0) is 9.53 Å². The maximum atomic E-state index is 14.2. The Morgan fingerprint density at radius 3 is 2.70 bits per heavy atom. The highest BCUT2D eigenvalue weighted by atomic mass is 31.0. The van der Waals surface area contributed by atoms with Gasteiger partial charge in [0.2, 0.25) is 0 Å². The number of aliphatic imine (C=N–C) groups is 1. The van der Waals surface area contributed by atoms with Gasteiger partial charge in [-0.3, -0.25) is 4.79 Å². The quantitative estimate of drug-likeness (QED) is 0.120. The summed E-state index contributed by atoms with van der Waals surface area (Å²) in [6, 6.07) is 3.59. The molecule has 12 heteroatoms. The van der Waals surface area contributed by atoms with Crippen LogP contribution in [0.3, 0.4) is 0 Å². The lowest BCUT2D eigenvalue weighted by atomic mass is 9.94. The Bertz CT molecular complexity index is 1230. The van der Waals surface area contributed by atoms with E-state index >= 15 is 0 Å². The van der Waals surface area contributed by atoms with Crippen molar-refractivity contribution in [3.05, 3.63) is 58.2 Å². The fraction of sp³-hybridized carbons (Fsp3) is 0.400. The van der Waals surface area contributed by atoms with E-state index in [4.69, 9.17) is 21.6 Å². The highest BCUT2D eigenvalue weighted by molar-refractivity contribution is 7.18. The van der Waals surface area contributed by atoms with Crippen molar-refractivity contribution in [2.75, 3.05) is 30.8 Å². The van der Waals surface area contributed by atoms with E-state index in [-0.39, 0.29) is 24.2 Å². The van der Waals surface area contributed by atoms with E-state index in [0.717, 1.165) is 23.3 Å². The number of ether oxygens (including phenoxy) is 1. The van der Waals surface area contributed by atoms with Gasteiger partial charge in [0.05, 0.1) is 5.70 Å². The first-order chi connectivity index (χ1) is 17.5. The lowest BCUT2D eigenvalue weighted by molar-refractivity contribution is -0.114. The predicted molar refractivity (Wildman–Crippen MR) is 145 cm³/mol. The number of primary amides is 1. The number of halogens is 2. The van der Waals surface area contributed by atoms with Gasteiger partial charge in [-0.25, -0.2) is 4.99 Å². The van der Waals surface area contributed by atoms with Crippen molar-refractivity contribution in [2.24, 2.45) is 10.7 Å². The van der Waals surface area contributed by atoms with Gasteiger partial charge < -0.3 is 37.1 Å². The second-order valence-electron chi connectivity index (χ2n) is 9.28. The summed E-state index contributed by atoms with van der Waals surface area (Å²) in [5.74, 6) is -4.28. The van der Waals surface area contributed by atoms with Crippen molar-refractivity contribution in [3.63, 3.8) is 0 Å². The van der Waals surface area contributed by atoms with Crippen LogP contribution in [0.5, 0.6) is 0 Å². The fourth-order valence-electron chi connectivity index (χ4n) is 4.80. The number of nitrogens with zero attached hydrogens (tertiary/aromatic N) is 2. The number of carbonyl (C=O) groups is 1. The van der Waals surface area contributed by atoms with Crippen molar-refractivity contribution in [2.45, 2.75) is 44.4 Å². The summed E-state index contributed by atoms with van der Waals surface area (Å²) < 4.78 is 33.8. The summed E-state index contributed by atoms with van der Waals surface area (Å²) in [6.45, 7) is 4.77. The van der Waals surface area contributed by atoms with Gasteiger partial charge in [-0.05, 0) is 52.8 Å². The van der Waals surface area contributed by atoms with E-state index in [1.165, 1.54) is 12.4 Å². The lowest BCUT2D eigenvalue weighted by Crippen LogP contribution is -2.40. The smallest absolute Gasteiger partial charge is 0.336 e. The van der Waals surface area contributed by atoms with Gasteiger partial charge in [0.15, 0.2) is 0 Å². The van der Waals surface area contributed by atoms with Crippen LogP contribution in [0.1, 0.15) is 43.7 Å². The van der Waals surface area contributed by atoms with Crippen molar-refractivity contribution in [3.8, 4) is 0 Å². The van der Waals surface area contributed by atoms with Gasteiger partial charge in [0.1, 0.15) is 5.70 Å². The molecular formula is C25H32F2N7O2P. The molecule has 7 N–H and O–H groups in total. The standard InChI is InChI=1S/C25H32F2N7O2P/c1-13-21-16(11-28)18(29)3-4-20(21)33-22(13)23(24(30)35)31-14(2)17-12-34(25(26,27)37)8-5-19(17)32-15-6-9-36-10-7-15/h3-5,11-13,15,28,32-33H,6-10,29,37H2,1-2H3,(H2,30,35)/b23-22+,28-11?,31-14?. The van der Waals surface area contributed by atoms with Gasteiger partial charge in [-0.1, -0.05) is 6.92 Å². The number of hydrogen-bond donors (Lipinski definition) is 5. The molecule has 9 nitrogen and oxygen atoms in total. The van der Waals surface area contributed by atoms with Crippen molar-refractivity contribution in [1.29, 1.82) is 5.41 Å². The van der Waals surface area contributed by atoms with Gasteiger partial charge in [0, 0.05) is 78.1 Å². The highest BCUT2D eigenvalue weighted by Gasteiger charge is 2.33. The molecule has 4 rings (SSSR count). The summed E-state index contributed by atoms with van der Waals surface area (Å²) in [7, 11) is 1.54.